The van der Waals surface area contributed by atoms with Crippen molar-refractivity contribution < 1.29 is 19.4 Å². The monoisotopic (exact) mass is 450 g/mol. The normalized spacial score (nSPS) is 14.5. The smallest absolute Gasteiger partial charge is 0.343 e. The Labute approximate surface area is 168 Å². The molecular formula is C18H19BrN4O5. The first-order chi connectivity index (χ1) is 13.5. The number of hydrogen-bond donors (Lipinski definition) is 3. The van der Waals surface area contributed by atoms with Crippen LogP contribution in [0.2, 0.25) is 0 Å². The molecule has 0 saturated carbocycles. The number of nitrogens with one attached hydrogen (secondary N) is 2. The van der Waals surface area contributed by atoms with Gasteiger partial charge in [-0.2, -0.15) is 4.68 Å². The molecule has 2 aromatic rings. The summed E-state index contributed by atoms with van der Waals surface area (Å²) >= 11 is 3.29. The highest BCUT2D eigenvalue weighted by Gasteiger charge is 2.19. The summed E-state index contributed by atoms with van der Waals surface area (Å²) in [6, 6.07) is 6.53. The number of hydrogen-bond acceptors (Lipinski definition) is 6. The van der Waals surface area contributed by atoms with Gasteiger partial charge in [0.05, 0.1) is 6.20 Å². The number of aromatic nitrogens is 2. The number of ether oxygens (including phenoxy) is 1. The van der Waals surface area contributed by atoms with E-state index in [-0.39, 0.29) is 5.95 Å². The van der Waals surface area contributed by atoms with Gasteiger partial charge in [0.1, 0.15) is 5.56 Å². The maximum atomic E-state index is 12.6. The maximum absolute atomic E-state index is 12.6. The third-order valence-corrected chi connectivity index (χ3v) is 4.93. The number of carbonyl (C=O) groups is 2. The fourth-order valence-electron chi connectivity index (χ4n) is 2.78. The Hall–Kier alpha value is -2.72. The van der Waals surface area contributed by atoms with Crippen LogP contribution in [0.1, 0.15) is 33.6 Å². The lowest BCUT2D eigenvalue weighted by molar-refractivity contribution is 0.0690. The zero-order valence-corrected chi connectivity index (χ0v) is 16.4. The number of halogens is 1. The number of rotatable bonds is 6. The molecule has 3 rings (SSSR count). The van der Waals surface area contributed by atoms with E-state index in [1.165, 1.54) is 0 Å². The first-order valence-electron chi connectivity index (χ1n) is 8.69. The van der Waals surface area contributed by atoms with Gasteiger partial charge in [-0.05, 0) is 43.0 Å². The van der Waals surface area contributed by atoms with Crippen molar-refractivity contribution in [1.82, 2.24) is 9.66 Å². The molecule has 0 unspecified atom stereocenters. The Morgan fingerprint density at radius 3 is 2.57 bits per heavy atom. The van der Waals surface area contributed by atoms with Crippen LogP contribution in [-0.4, -0.2) is 46.4 Å². The van der Waals surface area contributed by atoms with E-state index >= 15 is 0 Å². The van der Waals surface area contributed by atoms with E-state index in [1.54, 1.807) is 24.3 Å². The predicted molar refractivity (Wildman–Crippen MR) is 105 cm³/mol. The van der Waals surface area contributed by atoms with Gasteiger partial charge in [0.15, 0.2) is 0 Å². The number of aromatic carboxylic acids is 1. The van der Waals surface area contributed by atoms with Crippen LogP contribution < -0.4 is 16.3 Å². The number of anilines is 1. The van der Waals surface area contributed by atoms with Crippen LogP contribution in [-0.2, 0) is 4.74 Å². The van der Waals surface area contributed by atoms with Crippen molar-refractivity contribution in [3.8, 4) is 0 Å². The van der Waals surface area contributed by atoms with E-state index in [9.17, 15) is 19.5 Å². The first kappa shape index (κ1) is 20.0. The van der Waals surface area contributed by atoms with Crippen LogP contribution >= 0.6 is 15.9 Å². The van der Waals surface area contributed by atoms with E-state index in [0.717, 1.165) is 28.2 Å². The van der Waals surface area contributed by atoms with E-state index < -0.39 is 23.0 Å². The Kier molecular flexibility index (Phi) is 6.42. The Balaban J connectivity index is 1.85. The van der Waals surface area contributed by atoms with Gasteiger partial charge in [-0.25, -0.2) is 9.78 Å². The van der Waals surface area contributed by atoms with Crippen LogP contribution in [0.3, 0.4) is 0 Å². The summed E-state index contributed by atoms with van der Waals surface area (Å²) in [6.45, 7) is 1.87. The lowest BCUT2D eigenvalue weighted by Crippen LogP contribution is -2.39. The largest absolute Gasteiger partial charge is 0.477 e. The van der Waals surface area contributed by atoms with Gasteiger partial charge in [-0.1, -0.05) is 15.9 Å². The molecular weight excluding hydrogens is 432 g/mol. The number of carboxylic acids is 1. The van der Waals surface area contributed by atoms with Crippen LogP contribution in [0, 0.1) is 5.92 Å². The number of benzene rings is 1. The van der Waals surface area contributed by atoms with Gasteiger partial charge in [0.2, 0.25) is 5.95 Å². The fraction of sp³-hybridized carbons (Fsp3) is 0.333. The molecule has 1 amide bonds. The van der Waals surface area contributed by atoms with Crippen molar-refractivity contribution >= 4 is 33.8 Å². The molecule has 1 saturated heterocycles. The molecule has 0 spiro atoms. The fourth-order valence-corrected chi connectivity index (χ4v) is 3.05. The molecule has 1 aromatic carbocycles. The number of carboxylic acid groups (broad SMARTS) is 1. The summed E-state index contributed by atoms with van der Waals surface area (Å²) in [5.74, 6) is -1.57. The molecule has 148 valence electrons. The average Bonchev–Trinajstić information content (AvgIpc) is 2.69. The first-order valence-corrected chi connectivity index (χ1v) is 9.49. The van der Waals surface area contributed by atoms with E-state index in [2.05, 4.69) is 31.7 Å². The molecule has 9 nitrogen and oxygen atoms in total. The Morgan fingerprint density at radius 2 is 1.93 bits per heavy atom. The molecule has 3 N–H and O–H groups in total. The van der Waals surface area contributed by atoms with E-state index in [0.29, 0.717) is 31.2 Å². The number of nitrogens with zero attached hydrogens (tertiary/aromatic N) is 2. The van der Waals surface area contributed by atoms with E-state index in [1.807, 2.05) is 0 Å². The van der Waals surface area contributed by atoms with Crippen LogP contribution in [0.5, 0.6) is 0 Å². The van der Waals surface area contributed by atoms with Gasteiger partial charge in [-0.3, -0.25) is 15.0 Å². The second-order valence-electron chi connectivity index (χ2n) is 6.33. The zero-order valence-electron chi connectivity index (χ0n) is 14.9. The van der Waals surface area contributed by atoms with Crippen molar-refractivity contribution in [2.24, 2.45) is 5.92 Å². The van der Waals surface area contributed by atoms with Crippen LogP contribution in [0.4, 0.5) is 5.95 Å². The summed E-state index contributed by atoms with van der Waals surface area (Å²) < 4.78 is 6.96. The Bertz CT molecular complexity index is 923. The number of amides is 1. The van der Waals surface area contributed by atoms with Crippen molar-refractivity contribution in [2.45, 2.75) is 12.8 Å². The highest BCUT2D eigenvalue weighted by atomic mass is 79.9. The maximum Gasteiger partial charge on any atom is 0.343 e. The third kappa shape index (κ3) is 4.76. The molecule has 0 atom stereocenters. The summed E-state index contributed by atoms with van der Waals surface area (Å²) in [4.78, 5) is 40.4. The molecule has 28 heavy (non-hydrogen) atoms. The summed E-state index contributed by atoms with van der Waals surface area (Å²) in [6.07, 6.45) is 2.73. The lowest BCUT2D eigenvalue weighted by atomic mass is 10.0. The van der Waals surface area contributed by atoms with Crippen molar-refractivity contribution in [1.29, 1.82) is 0 Å². The zero-order chi connectivity index (χ0) is 20.1. The third-order valence-electron chi connectivity index (χ3n) is 4.40. The van der Waals surface area contributed by atoms with E-state index in [4.69, 9.17) is 4.74 Å². The van der Waals surface area contributed by atoms with Crippen molar-refractivity contribution in [2.75, 3.05) is 30.5 Å². The summed E-state index contributed by atoms with van der Waals surface area (Å²) in [5, 5.41) is 12.2. The average molecular weight is 451 g/mol. The molecule has 1 aromatic heterocycles. The summed E-state index contributed by atoms with van der Waals surface area (Å²) in [7, 11) is 0. The van der Waals surface area contributed by atoms with Gasteiger partial charge >= 0.3 is 5.97 Å². The topological polar surface area (TPSA) is 123 Å². The van der Waals surface area contributed by atoms with Gasteiger partial charge < -0.3 is 15.2 Å². The lowest BCUT2D eigenvalue weighted by Gasteiger charge is -2.23. The number of carbonyl (C=O) groups excluding carboxylic acids is 1. The summed E-state index contributed by atoms with van der Waals surface area (Å²) in [5.41, 5.74) is 1.34. The molecule has 1 aliphatic heterocycles. The Morgan fingerprint density at radius 1 is 1.25 bits per heavy atom. The quantitative estimate of drug-likeness (QED) is 0.614. The molecule has 1 fully saturated rings. The minimum Gasteiger partial charge on any atom is -0.477 e. The molecule has 0 bridgehead atoms. The van der Waals surface area contributed by atoms with Gasteiger partial charge in [0, 0.05) is 29.8 Å². The molecule has 0 aliphatic carbocycles. The highest BCUT2D eigenvalue weighted by Crippen LogP contribution is 2.15. The standard InChI is InChI=1S/C18H19BrN4O5/c19-13-3-1-12(2-4-13)15(24)22-23-16(25)14(17(26)27)10-21-18(23)20-9-11-5-7-28-8-6-11/h1-4,10-11H,5-9H2,(H,20,21)(H,22,24)(H,26,27). The predicted octanol–water partition coefficient (Wildman–Crippen LogP) is 1.93. The minimum absolute atomic E-state index is 0.0759. The molecule has 0 radical (unpaired) electrons. The van der Waals surface area contributed by atoms with Gasteiger partial charge in [0.25, 0.3) is 11.5 Å². The van der Waals surface area contributed by atoms with Gasteiger partial charge in [-0.15, -0.1) is 0 Å². The van der Waals surface area contributed by atoms with Crippen molar-refractivity contribution in [3.63, 3.8) is 0 Å². The van der Waals surface area contributed by atoms with Crippen molar-refractivity contribution in [3.05, 3.63) is 56.4 Å². The van der Waals surface area contributed by atoms with Crippen LogP contribution in [0.15, 0.2) is 39.7 Å². The second-order valence-corrected chi connectivity index (χ2v) is 7.24. The second kappa shape index (κ2) is 8.98. The van der Waals surface area contributed by atoms with Crippen LogP contribution in [0.25, 0.3) is 0 Å². The molecule has 1 aliphatic rings. The minimum atomic E-state index is -1.42. The molecule has 10 heteroatoms. The molecule has 2 heterocycles. The SMILES string of the molecule is O=C(Nn1c(NCC2CCOCC2)ncc(C(=O)O)c1=O)c1ccc(Br)cc1. The highest BCUT2D eigenvalue weighted by molar-refractivity contribution is 9.10.